The molecular formula is C9H8IN. The third-order valence-electron chi connectivity index (χ3n) is 1.20. The third kappa shape index (κ3) is 2.41. The lowest BCUT2D eigenvalue weighted by Crippen LogP contribution is -1.88. The Bertz CT molecular complexity index is 287. The van der Waals surface area contributed by atoms with Crippen LogP contribution in [0, 0.1) is 3.57 Å². The number of anilines is 1. The zero-order chi connectivity index (χ0) is 8.10. The fraction of sp³-hybridized carbons (Fsp3) is 0. The van der Waals surface area contributed by atoms with Crippen LogP contribution < -0.4 is 5.32 Å². The first-order valence-electron chi connectivity index (χ1n) is 3.20. The standard InChI is InChI=1S/C9H8IN/c1-2-7-11-9-6-4-3-5-8(9)10/h3-7,11H,1H2. The van der Waals surface area contributed by atoms with Crippen molar-refractivity contribution in [3.05, 3.63) is 46.3 Å². The van der Waals surface area contributed by atoms with E-state index in [4.69, 9.17) is 0 Å². The second-order valence-electron chi connectivity index (χ2n) is 1.97. The molecule has 1 aromatic rings. The van der Waals surface area contributed by atoms with Gasteiger partial charge in [0.15, 0.2) is 0 Å². The van der Waals surface area contributed by atoms with Crippen LogP contribution in [0.2, 0.25) is 0 Å². The summed E-state index contributed by atoms with van der Waals surface area (Å²) in [5, 5.41) is 3.06. The molecule has 0 bridgehead atoms. The Kier molecular flexibility index (Phi) is 3.20. The van der Waals surface area contributed by atoms with Crippen LogP contribution in [-0.4, -0.2) is 0 Å². The van der Waals surface area contributed by atoms with Gasteiger partial charge in [0.2, 0.25) is 0 Å². The lowest BCUT2D eigenvalue weighted by Gasteiger charge is -2.00. The minimum atomic E-state index is 1.09. The molecule has 0 aromatic heterocycles. The average Bonchev–Trinajstić information content (AvgIpc) is 2.03. The number of hydrogen-bond acceptors (Lipinski definition) is 1. The van der Waals surface area contributed by atoms with Crippen molar-refractivity contribution in [2.45, 2.75) is 0 Å². The average molecular weight is 257 g/mol. The van der Waals surface area contributed by atoms with Crippen LogP contribution in [0.4, 0.5) is 5.69 Å². The quantitative estimate of drug-likeness (QED) is 0.634. The summed E-state index contributed by atoms with van der Waals surface area (Å²) in [5.41, 5.74) is 3.74. The zero-order valence-corrected chi connectivity index (χ0v) is 8.13. The summed E-state index contributed by atoms with van der Waals surface area (Å²) < 4.78 is 1.19. The second-order valence-corrected chi connectivity index (χ2v) is 3.13. The van der Waals surface area contributed by atoms with Gasteiger partial charge in [-0.15, -0.1) is 5.73 Å². The highest BCUT2D eigenvalue weighted by atomic mass is 127. The van der Waals surface area contributed by atoms with Gasteiger partial charge in [-0.3, -0.25) is 0 Å². The number of halogens is 1. The number of hydrogen-bond donors (Lipinski definition) is 1. The van der Waals surface area contributed by atoms with Crippen LogP contribution >= 0.6 is 22.6 Å². The van der Waals surface area contributed by atoms with Gasteiger partial charge in [0.1, 0.15) is 0 Å². The van der Waals surface area contributed by atoms with Crippen molar-refractivity contribution in [1.29, 1.82) is 0 Å². The Morgan fingerprint density at radius 1 is 1.45 bits per heavy atom. The molecule has 0 fully saturated rings. The number of benzene rings is 1. The molecule has 0 heterocycles. The molecule has 0 unspecified atom stereocenters. The van der Waals surface area contributed by atoms with Gasteiger partial charge >= 0.3 is 0 Å². The highest BCUT2D eigenvalue weighted by Crippen LogP contribution is 2.16. The monoisotopic (exact) mass is 257 g/mol. The fourth-order valence-corrected chi connectivity index (χ4v) is 1.25. The molecule has 1 rings (SSSR count). The van der Waals surface area contributed by atoms with Crippen molar-refractivity contribution in [2.24, 2.45) is 0 Å². The summed E-state index contributed by atoms with van der Waals surface area (Å²) >= 11 is 2.27. The van der Waals surface area contributed by atoms with Crippen LogP contribution in [-0.2, 0) is 0 Å². The topological polar surface area (TPSA) is 12.0 Å². The van der Waals surface area contributed by atoms with Crippen LogP contribution in [0.5, 0.6) is 0 Å². The molecule has 0 atom stereocenters. The lowest BCUT2D eigenvalue weighted by atomic mass is 10.3. The van der Waals surface area contributed by atoms with E-state index in [0.717, 1.165) is 5.69 Å². The largest absolute Gasteiger partial charge is 0.354 e. The molecule has 0 aliphatic rings. The maximum Gasteiger partial charge on any atom is 0.0520 e. The van der Waals surface area contributed by atoms with E-state index >= 15 is 0 Å². The van der Waals surface area contributed by atoms with Crippen LogP contribution in [0.15, 0.2) is 42.8 Å². The number of rotatable bonds is 2. The molecule has 1 nitrogen and oxygen atoms in total. The fourth-order valence-electron chi connectivity index (χ4n) is 0.707. The summed E-state index contributed by atoms with van der Waals surface area (Å²) in [6, 6.07) is 8.04. The van der Waals surface area contributed by atoms with Gasteiger partial charge in [0, 0.05) is 9.77 Å². The second kappa shape index (κ2) is 4.21. The minimum absolute atomic E-state index is 1.09. The summed E-state index contributed by atoms with van der Waals surface area (Å²) in [6.07, 6.45) is 1.69. The van der Waals surface area contributed by atoms with E-state index in [1.807, 2.05) is 24.3 Å². The molecule has 11 heavy (non-hydrogen) atoms. The molecular weight excluding hydrogens is 249 g/mol. The molecule has 0 amide bonds. The van der Waals surface area contributed by atoms with Crippen LogP contribution in [0.1, 0.15) is 0 Å². The van der Waals surface area contributed by atoms with E-state index in [0.29, 0.717) is 0 Å². The molecule has 2 heteroatoms. The van der Waals surface area contributed by atoms with E-state index in [1.165, 1.54) is 3.57 Å². The Labute approximate surface area is 80.0 Å². The van der Waals surface area contributed by atoms with E-state index in [9.17, 15) is 0 Å². The Balaban J connectivity index is 2.85. The van der Waals surface area contributed by atoms with Crippen molar-refractivity contribution < 1.29 is 0 Å². The first-order valence-corrected chi connectivity index (χ1v) is 4.28. The van der Waals surface area contributed by atoms with E-state index in [1.54, 1.807) is 6.20 Å². The SMILES string of the molecule is C=C=CNc1ccccc1I. The van der Waals surface area contributed by atoms with Gasteiger partial charge in [-0.05, 0) is 34.7 Å². The summed E-state index contributed by atoms with van der Waals surface area (Å²) in [6.45, 7) is 3.46. The summed E-state index contributed by atoms with van der Waals surface area (Å²) in [5.74, 6) is 0. The molecule has 0 saturated heterocycles. The van der Waals surface area contributed by atoms with Crippen molar-refractivity contribution in [1.82, 2.24) is 0 Å². The summed E-state index contributed by atoms with van der Waals surface area (Å²) in [7, 11) is 0. The first kappa shape index (κ1) is 8.37. The lowest BCUT2D eigenvalue weighted by molar-refractivity contribution is 1.55. The smallest absolute Gasteiger partial charge is 0.0520 e. The van der Waals surface area contributed by atoms with Crippen molar-refractivity contribution >= 4 is 28.3 Å². The Hall–Kier alpha value is -0.730. The van der Waals surface area contributed by atoms with Gasteiger partial charge < -0.3 is 5.32 Å². The number of para-hydroxylation sites is 1. The molecule has 1 N–H and O–H groups in total. The van der Waals surface area contributed by atoms with Gasteiger partial charge in [-0.2, -0.15) is 0 Å². The maximum atomic E-state index is 3.46. The highest BCUT2D eigenvalue weighted by Gasteiger charge is 1.92. The highest BCUT2D eigenvalue weighted by molar-refractivity contribution is 14.1. The zero-order valence-electron chi connectivity index (χ0n) is 5.97. The van der Waals surface area contributed by atoms with Crippen molar-refractivity contribution in [2.75, 3.05) is 5.32 Å². The number of nitrogens with one attached hydrogen (secondary N) is 1. The predicted octanol–water partition coefficient (Wildman–Crippen LogP) is 3.00. The molecule has 0 radical (unpaired) electrons. The Morgan fingerprint density at radius 3 is 2.82 bits per heavy atom. The van der Waals surface area contributed by atoms with Crippen LogP contribution in [0.3, 0.4) is 0 Å². The molecule has 1 aromatic carbocycles. The Morgan fingerprint density at radius 2 is 2.18 bits per heavy atom. The third-order valence-corrected chi connectivity index (χ3v) is 2.14. The van der Waals surface area contributed by atoms with Gasteiger partial charge in [-0.1, -0.05) is 18.7 Å². The van der Waals surface area contributed by atoms with Crippen molar-refractivity contribution in [3.8, 4) is 0 Å². The molecule has 0 aliphatic carbocycles. The van der Waals surface area contributed by atoms with Crippen molar-refractivity contribution in [3.63, 3.8) is 0 Å². The van der Waals surface area contributed by atoms with E-state index < -0.39 is 0 Å². The van der Waals surface area contributed by atoms with Gasteiger partial charge in [-0.25, -0.2) is 0 Å². The predicted molar refractivity (Wildman–Crippen MR) is 56.5 cm³/mol. The van der Waals surface area contributed by atoms with E-state index in [2.05, 4.69) is 40.2 Å². The maximum absolute atomic E-state index is 3.46. The van der Waals surface area contributed by atoms with Gasteiger partial charge in [0.05, 0.1) is 5.69 Å². The van der Waals surface area contributed by atoms with Gasteiger partial charge in [0.25, 0.3) is 0 Å². The molecule has 0 spiro atoms. The van der Waals surface area contributed by atoms with E-state index in [-0.39, 0.29) is 0 Å². The summed E-state index contributed by atoms with van der Waals surface area (Å²) in [4.78, 5) is 0. The first-order chi connectivity index (χ1) is 5.34. The minimum Gasteiger partial charge on any atom is -0.354 e. The normalized spacial score (nSPS) is 8.45. The van der Waals surface area contributed by atoms with Crippen LogP contribution in [0.25, 0.3) is 0 Å². The molecule has 0 aliphatic heterocycles. The molecule has 0 saturated carbocycles. The molecule has 56 valence electrons.